The smallest absolute Gasteiger partial charge is 0.251 e. The van der Waals surface area contributed by atoms with Gasteiger partial charge in [0.25, 0.3) is 5.91 Å². The molecular formula is C20H30FN3O2. The third-order valence-electron chi connectivity index (χ3n) is 5.53. The van der Waals surface area contributed by atoms with Crippen LogP contribution in [0.5, 0.6) is 0 Å². The predicted molar refractivity (Wildman–Crippen MR) is 99.8 cm³/mol. The summed E-state index contributed by atoms with van der Waals surface area (Å²) in [7, 11) is 4.12. The molecule has 0 unspecified atom stereocenters. The number of amides is 1. The van der Waals surface area contributed by atoms with Gasteiger partial charge in [-0.15, -0.1) is 0 Å². The number of carbonyl (C=O) groups is 1. The van der Waals surface area contributed by atoms with Gasteiger partial charge in [-0.05, 0) is 51.6 Å². The number of likely N-dealkylation sites (tertiary alicyclic amines) is 1. The Balaban J connectivity index is 1.68. The van der Waals surface area contributed by atoms with Gasteiger partial charge in [-0.1, -0.05) is 6.07 Å². The van der Waals surface area contributed by atoms with Gasteiger partial charge in [-0.2, -0.15) is 0 Å². The number of hydrogen-bond acceptors (Lipinski definition) is 4. The van der Waals surface area contributed by atoms with Crippen LogP contribution in [0.15, 0.2) is 18.2 Å². The van der Waals surface area contributed by atoms with Crippen LogP contribution in [-0.2, 0) is 4.74 Å². The highest BCUT2D eigenvalue weighted by atomic mass is 19.1. The number of rotatable bonds is 5. The fraction of sp³-hybridized carbons (Fsp3) is 0.650. The van der Waals surface area contributed by atoms with E-state index in [2.05, 4.69) is 29.2 Å². The van der Waals surface area contributed by atoms with Crippen molar-refractivity contribution in [1.29, 1.82) is 0 Å². The lowest BCUT2D eigenvalue weighted by Gasteiger charge is -2.31. The van der Waals surface area contributed by atoms with Crippen molar-refractivity contribution in [2.24, 2.45) is 5.92 Å². The first-order valence-corrected chi connectivity index (χ1v) is 9.47. The maximum atomic E-state index is 13.8. The third kappa shape index (κ3) is 4.61. The van der Waals surface area contributed by atoms with Crippen LogP contribution >= 0.6 is 0 Å². The average Bonchev–Trinajstić information content (AvgIpc) is 3.00. The lowest BCUT2D eigenvalue weighted by atomic mass is 10.0. The molecule has 0 aromatic heterocycles. The van der Waals surface area contributed by atoms with E-state index < -0.39 is 0 Å². The summed E-state index contributed by atoms with van der Waals surface area (Å²) < 4.78 is 19.3. The number of carbonyl (C=O) groups excluding carboxylic acids is 1. The Morgan fingerprint density at radius 1 is 1.31 bits per heavy atom. The number of aryl methyl sites for hydroxylation is 1. The molecule has 2 saturated heterocycles. The Morgan fingerprint density at radius 3 is 2.69 bits per heavy atom. The molecule has 2 aliphatic rings. The number of nitrogens with zero attached hydrogens (tertiary/aromatic N) is 2. The summed E-state index contributed by atoms with van der Waals surface area (Å²) >= 11 is 0. The topological polar surface area (TPSA) is 44.8 Å². The van der Waals surface area contributed by atoms with E-state index in [1.807, 2.05) is 0 Å². The first-order chi connectivity index (χ1) is 12.4. The molecule has 2 atom stereocenters. The molecule has 2 fully saturated rings. The second kappa shape index (κ2) is 8.46. The van der Waals surface area contributed by atoms with Gasteiger partial charge in [0.1, 0.15) is 5.82 Å². The van der Waals surface area contributed by atoms with Crippen LogP contribution < -0.4 is 5.32 Å². The van der Waals surface area contributed by atoms with Crippen molar-refractivity contribution in [3.8, 4) is 0 Å². The maximum absolute atomic E-state index is 13.8. The molecule has 6 heteroatoms. The normalized spacial score (nSPS) is 25.0. The molecule has 2 heterocycles. The van der Waals surface area contributed by atoms with Gasteiger partial charge in [0.15, 0.2) is 0 Å². The Bertz CT molecular complexity index is 631. The molecule has 0 bridgehead atoms. The fourth-order valence-electron chi connectivity index (χ4n) is 4.06. The number of hydrogen-bond donors (Lipinski definition) is 1. The Morgan fingerprint density at radius 2 is 2.04 bits per heavy atom. The molecule has 0 spiro atoms. The minimum absolute atomic E-state index is 0.0807. The number of ether oxygens (including phenoxy) is 1. The van der Waals surface area contributed by atoms with Crippen LogP contribution in [-0.4, -0.2) is 74.7 Å². The van der Waals surface area contributed by atoms with Gasteiger partial charge < -0.3 is 15.0 Å². The van der Waals surface area contributed by atoms with Crippen molar-refractivity contribution in [2.75, 3.05) is 46.9 Å². The second-order valence-electron chi connectivity index (χ2n) is 7.86. The summed E-state index contributed by atoms with van der Waals surface area (Å²) in [5.74, 6) is -0.156. The van der Waals surface area contributed by atoms with Crippen molar-refractivity contribution < 1.29 is 13.9 Å². The Labute approximate surface area is 155 Å². The Kier molecular flexibility index (Phi) is 6.27. The Hall–Kier alpha value is -1.50. The molecule has 0 radical (unpaired) electrons. The zero-order valence-corrected chi connectivity index (χ0v) is 16.0. The quantitative estimate of drug-likeness (QED) is 0.868. The highest BCUT2D eigenvalue weighted by Crippen LogP contribution is 2.25. The van der Waals surface area contributed by atoms with Crippen LogP contribution in [0.2, 0.25) is 0 Å². The summed E-state index contributed by atoms with van der Waals surface area (Å²) in [6.45, 7) is 6.09. The lowest BCUT2D eigenvalue weighted by Crippen LogP contribution is -2.44. The van der Waals surface area contributed by atoms with E-state index in [1.54, 1.807) is 19.1 Å². The minimum atomic E-state index is -0.335. The van der Waals surface area contributed by atoms with E-state index >= 15 is 0 Å². The van der Waals surface area contributed by atoms with Gasteiger partial charge in [0.2, 0.25) is 0 Å². The molecule has 144 valence electrons. The van der Waals surface area contributed by atoms with Crippen LogP contribution in [0.3, 0.4) is 0 Å². The predicted octanol–water partition coefficient (Wildman–Crippen LogP) is 1.90. The van der Waals surface area contributed by atoms with Crippen molar-refractivity contribution in [1.82, 2.24) is 15.1 Å². The van der Waals surface area contributed by atoms with E-state index in [4.69, 9.17) is 4.74 Å². The summed E-state index contributed by atoms with van der Waals surface area (Å²) in [4.78, 5) is 17.3. The first-order valence-electron chi connectivity index (χ1n) is 9.47. The molecule has 1 aromatic rings. The minimum Gasteiger partial charge on any atom is -0.381 e. The van der Waals surface area contributed by atoms with Crippen molar-refractivity contribution in [3.05, 3.63) is 35.1 Å². The van der Waals surface area contributed by atoms with E-state index in [9.17, 15) is 9.18 Å². The number of benzene rings is 1. The van der Waals surface area contributed by atoms with E-state index in [-0.39, 0.29) is 17.8 Å². The average molecular weight is 363 g/mol. The van der Waals surface area contributed by atoms with Crippen molar-refractivity contribution in [2.45, 2.75) is 31.8 Å². The molecule has 1 amide bonds. The molecule has 0 aliphatic carbocycles. The first kappa shape index (κ1) is 19.3. The van der Waals surface area contributed by atoms with Crippen LogP contribution in [0.4, 0.5) is 4.39 Å². The SMILES string of the molecule is Cc1ccc(C(=O)N[C@@H]2CN(C3CCOCC3)C[C@H]2CN(C)C)cc1F. The molecule has 1 aromatic carbocycles. The number of halogens is 1. The van der Waals surface area contributed by atoms with Gasteiger partial charge >= 0.3 is 0 Å². The van der Waals surface area contributed by atoms with Crippen molar-refractivity contribution >= 4 is 5.91 Å². The zero-order chi connectivity index (χ0) is 18.7. The molecule has 26 heavy (non-hydrogen) atoms. The van der Waals surface area contributed by atoms with E-state index in [0.717, 1.165) is 45.7 Å². The molecule has 1 N–H and O–H groups in total. The molecule has 0 saturated carbocycles. The van der Waals surface area contributed by atoms with E-state index in [1.165, 1.54) is 6.07 Å². The summed E-state index contributed by atoms with van der Waals surface area (Å²) in [6, 6.07) is 5.30. The lowest BCUT2D eigenvalue weighted by molar-refractivity contribution is 0.0403. The van der Waals surface area contributed by atoms with Gasteiger partial charge in [0, 0.05) is 56.4 Å². The van der Waals surface area contributed by atoms with E-state index in [0.29, 0.717) is 23.1 Å². The molecule has 3 rings (SSSR count). The van der Waals surface area contributed by atoms with Gasteiger partial charge in [-0.25, -0.2) is 4.39 Å². The van der Waals surface area contributed by atoms with Crippen molar-refractivity contribution in [3.63, 3.8) is 0 Å². The largest absolute Gasteiger partial charge is 0.381 e. The van der Waals surface area contributed by atoms with Crippen LogP contribution in [0.25, 0.3) is 0 Å². The van der Waals surface area contributed by atoms with Crippen LogP contribution in [0.1, 0.15) is 28.8 Å². The summed E-state index contributed by atoms with van der Waals surface area (Å²) in [6.07, 6.45) is 2.11. The highest BCUT2D eigenvalue weighted by Gasteiger charge is 2.37. The standard InChI is InChI=1S/C20H30FN3O2/c1-14-4-5-15(10-18(14)21)20(25)22-19-13-24(12-16(19)11-23(2)3)17-6-8-26-9-7-17/h4-5,10,16-17,19H,6-9,11-13H2,1-3H3,(H,22,25)/t16-,19-/m1/s1. The number of nitrogens with one attached hydrogen (secondary N) is 1. The summed E-state index contributed by atoms with van der Waals surface area (Å²) in [5.41, 5.74) is 0.944. The molecule has 2 aliphatic heterocycles. The zero-order valence-electron chi connectivity index (χ0n) is 16.0. The van der Waals surface area contributed by atoms with Gasteiger partial charge in [0.05, 0.1) is 0 Å². The molecule has 5 nitrogen and oxygen atoms in total. The van der Waals surface area contributed by atoms with Crippen LogP contribution in [0, 0.1) is 18.7 Å². The maximum Gasteiger partial charge on any atom is 0.251 e. The second-order valence-corrected chi connectivity index (χ2v) is 7.86. The third-order valence-corrected chi connectivity index (χ3v) is 5.53. The summed E-state index contributed by atoms with van der Waals surface area (Å²) in [5, 5.41) is 3.16. The fourth-order valence-corrected chi connectivity index (χ4v) is 4.06. The van der Waals surface area contributed by atoms with Gasteiger partial charge in [-0.3, -0.25) is 9.69 Å². The highest BCUT2D eigenvalue weighted by molar-refractivity contribution is 5.94. The molecular weight excluding hydrogens is 333 g/mol. The monoisotopic (exact) mass is 363 g/mol.